The predicted molar refractivity (Wildman–Crippen MR) is 98.6 cm³/mol. The highest BCUT2D eigenvalue weighted by Crippen LogP contribution is 2.35. The molecule has 132 valence electrons. The molecule has 0 spiro atoms. The summed E-state index contributed by atoms with van der Waals surface area (Å²) in [7, 11) is 0. The molecule has 3 rings (SSSR count). The Bertz CT molecular complexity index is 855. The number of hydrogen-bond donors (Lipinski definition) is 1. The number of benzene rings is 2. The molecule has 5 nitrogen and oxygen atoms in total. The summed E-state index contributed by atoms with van der Waals surface area (Å²) in [5.41, 5.74) is 2.23. The van der Waals surface area contributed by atoms with Gasteiger partial charge in [-0.3, -0.25) is 14.5 Å². The zero-order valence-electron chi connectivity index (χ0n) is 14.3. The summed E-state index contributed by atoms with van der Waals surface area (Å²) in [5, 5.41) is 8.66. The molecule has 0 saturated carbocycles. The van der Waals surface area contributed by atoms with Gasteiger partial charge >= 0.3 is 5.97 Å². The maximum atomic E-state index is 12.8. The molecule has 26 heavy (non-hydrogen) atoms. The minimum atomic E-state index is -1.03. The van der Waals surface area contributed by atoms with Crippen molar-refractivity contribution in [2.45, 2.75) is 19.3 Å². The number of carbonyl (C=O) groups excluding carboxylic acids is 2. The first kappa shape index (κ1) is 17.6. The zero-order valence-corrected chi connectivity index (χ0v) is 14.3. The van der Waals surface area contributed by atoms with Crippen LogP contribution in [0.1, 0.15) is 30.4 Å². The van der Waals surface area contributed by atoms with Crippen molar-refractivity contribution in [2.75, 3.05) is 4.90 Å². The van der Waals surface area contributed by atoms with Crippen LogP contribution in [0.4, 0.5) is 5.69 Å². The lowest BCUT2D eigenvalue weighted by atomic mass is 9.86. The zero-order chi connectivity index (χ0) is 18.7. The van der Waals surface area contributed by atoms with Crippen LogP contribution < -0.4 is 4.90 Å². The van der Waals surface area contributed by atoms with Gasteiger partial charge in [0.15, 0.2) is 0 Å². The highest BCUT2D eigenvalue weighted by molar-refractivity contribution is 6.21. The molecule has 0 aliphatic carbocycles. The Kier molecular flexibility index (Phi) is 4.98. The van der Waals surface area contributed by atoms with Crippen molar-refractivity contribution in [3.05, 3.63) is 71.8 Å². The number of aliphatic carboxylic acids is 1. The van der Waals surface area contributed by atoms with Gasteiger partial charge in [0.1, 0.15) is 0 Å². The highest BCUT2D eigenvalue weighted by Gasteiger charge is 2.42. The first-order valence-electron chi connectivity index (χ1n) is 8.40. The number of anilines is 1. The van der Waals surface area contributed by atoms with E-state index in [-0.39, 0.29) is 30.1 Å². The number of amides is 2. The summed E-state index contributed by atoms with van der Waals surface area (Å²) >= 11 is 0. The van der Waals surface area contributed by atoms with Gasteiger partial charge in [-0.2, -0.15) is 0 Å². The van der Waals surface area contributed by atoms with Crippen LogP contribution in [0.5, 0.6) is 0 Å². The van der Waals surface area contributed by atoms with Crippen molar-refractivity contribution in [3.8, 4) is 0 Å². The van der Waals surface area contributed by atoms with Crippen molar-refractivity contribution in [2.24, 2.45) is 5.92 Å². The average Bonchev–Trinajstić information content (AvgIpc) is 2.95. The SMILES string of the molecule is C[C@H](c1ccccc1)[C@H]1CC(=O)N(c2ccc(/C=C/C(=O)O)cc2)C1=O. The van der Waals surface area contributed by atoms with Crippen LogP contribution in [-0.4, -0.2) is 22.9 Å². The second-order valence-corrected chi connectivity index (χ2v) is 6.34. The Hall–Kier alpha value is -3.21. The molecule has 1 aliphatic heterocycles. The molecule has 0 unspecified atom stereocenters. The van der Waals surface area contributed by atoms with E-state index in [1.54, 1.807) is 24.3 Å². The third-order valence-electron chi connectivity index (χ3n) is 4.68. The number of hydrogen-bond acceptors (Lipinski definition) is 3. The summed E-state index contributed by atoms with van der Waals surface area (Å²) in [6, 6.07) is 16.4. The Labute approximate surface area is 151 Å². The Morgan fingerprint density at radius 2 is 1.77 bits per heavy atom. The third-order valence-corrected chi connectivity index (χ3v) is 4.68. The van der Waals surface area contributed by atoms with Crippen LogP contribution in [0, 0.1) is 5.92 Å². The minimum absolute atomic E-state index is 0.0459. The van der Waals surface area contributed by atoms with E-state index in [0.29, 0.717) is 11.3 Å². The van der Waals surface area contributed by atoms with Crippen molar-refractivity contribution >= 4 is 29.5 Å². The number of carboxylic acid groups (broad SMARTS) is 1. The summed E-state index contributed by atoms with van der Waals surface area (Å²) in [5.74, 6) is -1.86. The fourth-order valence-corrected chi connectivity index (χ4v) is 3.21. The Morgan fingerprint density at radius 3 is 2.38 bits per heavy atom. The minimum Gasteiger partial charge on any atom is -0.478 e. The Morgan fingerprint density at radius 1 is 1.12 bits per heavy atom. The smallest absolute Gasteiger partial charge is 0.328 e. The van der Waals surface area contributed by atoms with E-state index in [4.69, 9.17) is 5.11 Å². The molecule has 0 bridgehead atoms. The van der Waals surface area contributed by atoms with Crippen LogP contribution in [0.2, 0.25) is 0 Å². The normalized spacial score (nSPS) is 18.5. The molecule has 0 aromatic heterocycles. The molecule has 2 atom stereocenters. The fraction of sp³-hybridized carbons (Fsp3) is 0.190. The molecule has 0 radical (unpaired) electrons. The van der Waals surface area contributed by atoms with Gasteiger partial charge in [0.25, 0.3) is 0 Å². The van der Waals surface area contributed by atoms with Gasteiger partial charge < -0.3 is 5.11 Å². The molecule has 1 N–H and O–H groups in total. The van der Waals surface area contributed by atoms with E-state index in [2.05, 4.69) is 0 Å². The monoisotopic (exact) mass is 349 g/mol. The van der Waals surface area contributed by atoms with Gasteiger partial charge in [0, 0.05) is 12.5 Å². The largest absolute Gasteiger partial charge is 0.478 e. The number of carbonyl (C=O) groups is 3. The van der Waals surface area contributed by atoms with E-state index < -0.39 is 5.97 Å². The average molecular weight is 349 g/mol. The summed E-state index contributed by atoms with van der Waals surface area (Å²) < 4.78 is 0. The quantitative estimate of drug-likeness (QED) is 0.662. The number of imide groups is 1. The van der Waals surface area contributed by atoms with Crippen molar-refractivity contribution < 1.29 is 19.5 Å². The maximum absolute atomic E-state index is 12.8. The van der Waals surface area contributed by atoms with E-state index >= 15 is 0 Å². The lowest BCUT2D eigenvalue weighted by Crippen LogP contribution is -2.31. The first-order valence-corrected chi connectivity index (χ1v) is 8.40. The van der Waals surface area contributed by atoms with Crippen LogP contribution in [0.25, 0.3) is 6.08 Å². The van der Waals surface area contributed by atoms with E-state index in [1.807, 2.05) is 37.3 Å². The van der Waals surface area contributed by atoms with Crippen molar-refractivity contribution in [1.29, 1.82) is 0 Å². The van der Waals surface area contributed by atoms with Crippen LogP contribution in [-0.2, 0) is 14.4 Å². The van der Waals surface area contributed by atoms with Gasteiger partial charge in [-0.15, -0.1) is 0 Å². The highest BCUT2D eigenvalue weighted by atomic mass is 16.4. The lowest BCUT2D eigenvalue weighted by Gasteiger charge is -2.19. The van der Waals surface area contributed by atoms with Crippen LogP contribution >= 0.6 is 0 Å². The summed E-state index contributed by atoms with van der Waals surface area (Å²) in [4.78, 5) is 37.1. The molecule has 2 amide bonds. The molecule has 1 saturated heterocycles. The number of rotatable bonds is 5. The fourth-order valence-electron chi connectivity index (χ4n) is 3.21. The molecular weight excluding hydrogens is 330 g/mol. The van der Waals surface area contributed by atoms with Crippen LogP contribution in [0.15, 0.2) is 60.7 Å². The van der Waals surface area contributed by atoms with Gasteiger partial charge in [0.2, 0.25) is 11.8 Å². The molecule has 2 aromatic rings. The van der Waals surface area contributed by atoms with E-state index in [9.17, 15) is 14.4 Å². The summed E-state index contributed by atoms with van der Waals surface area (Å²) in [6.07, 6.45) is 2.69. The second kappa shape index (κ2) is 7.35. The van der Waals surface area contributed by atoms with Crippen molar-refractivity contribution in [1.82, 2.24) is 0 Å². The standard InChI is InChI=1S/C21H19NO4/c1-14(16-5-3-2-4-6-16)18-13-19(23)22(21(18)26)17-10-7-15(8-11-17)9-12-20(24)25/h2-12,14,18H,13H2,1H3,(H,24,25)/b12-9+/t14-,18-/m1/s1. The predicted octanol–water partition coefficient (Wildman–Crippen LogP) is 3.47. The molecule has 2 aromatic carbocycles. The second-order valence-electron chi connectivity index (χ2n) is 6.34. The van der Waals surface area contributed by atoms with E-state index in [0.717, 1.165) is 11.6 Å². The van der Waals surface area contributed by atoms with E-state index in [1.165, 1.54) is 11.0 Å². The topological polar surface area (TPSA) is 74.7 Å². The van der Waals surface area contributed by atoms with Crippen LogP contribution in [0.3, 0.4) is 0 Å². The summed E-state index contributed by atoms with van der Waals surface area (Å²) in [6.45, 7) is 1.97. The molecule has 1 aliphatic rings. The van der Waals surface area contributed by atoms with Gasteiger partial charge in [0.05, 0.1) is 11.6 Å². The Balaban J connectivity index is 1.80. The van der Waals surface area contributed by atoms with Gasteiger partial charge in [-0.1, -0.05) is 49.4 Å². The number of carboxylic acids is 1. The molecule has 5 heteroatoms. The maximum Gasteiger partial charge on any atom is 0.328 e. The van der Waals surface area contributed by atoms with Gasteiger partial charge in [-0.25, -0.2) is 4.79 Å². The van der Waals surface area contributed by atoms with Crippen molar-refractivity contribution in [3.63, 3.8) is 0 Å². The number of nitrogens with zero attached hydrogens (tertiary/aromatic N) is 1. The molecule has 1 heterocycles. The van der Waals surface area contributed by atoms with Gasteiger partial charge in [-0.05, 0) is 35.3 Å². The first-order chi connectivity index (χ1) is 12.5. The molecular formula is C21H19NO4. The third kappa shape index (κ3) is 3.57. The molecule has 1 fully saturated rings. The lowest BCUT2D eigenvalue weighted by molar-refractivity contribution is -0.131.